The highest BCUT2D eigenvalue weighted by molar-refractivity contribution is 5.97. The van der Waals surface area contributed by atoms with Crippen LogP contribution < -0.4 is 21.1 Å². The fourth-order valence-corrected chi connectivity index (χ4v) is 3.88. The highest BCUT2D eigenvalue weighted by Gasteiger charge is 2.38. The van der Waals surface area contributed by atoms with Crippen molar-refractivity contribution in [1.29, 1.82) is 0 Å². The number of benzene rings is 1. The van der Waals surface area contributed by atoms with Gasteiger partial charge < -0.3 is 21.1 Å². The minimum atomic E-state index is -0.470. The van der Waals surface area contributed by atoms with Gasteiger partial charge in [-0.2, -0.15) is 0 Å². The summed E-state index contributed by atoms with van der Waals surface area (Å²) in [5, 5.41) is 5.96. The topological polar surface area (TPSA) is 93.4 Å². The smallest absolute Gasteiger partial charge is 0.265 e. The maximum Gasteiger partial charge on any atom is 0.265 e. The first-order chi connectivity index (χ1) is 12.3. The van der Waals surface area contributed by atoms with E-state index in [1.807, 2.05) is 39.0 Å². The second-order valence-electron chi connectivity index (χ2n) is 7.79. The van der Waals surface area contributed by atoms with Crippen LogP contribution in [0.25, 0.3) is 0 Å². The summed E-state index contributed by atoms with van der Waals surface area (Å²) in [6.07, 6.45) is 3.98. The lowest BCUT2D eigenvalue weighted by Crippen LogP contribution is -2.53. The molecule has 0 aromatic heterocycles. The lowest BCUT2D eigenvalue weighted by atomic mass is 9.74. The molecule has 4 atom stereocenters. The number of ether oxygens (including phenoxy) is 1. The molecule has 3 rings (SSSR count). The molecular weight excluding hydrogens is 366 g/mol. The van der Waals surface area contributed by atoms with Crippen LogP contribution in [0.1, 0.15) is 64.5 Å². The van der Waals surface area contributed by atoms with Gasteiger partial charge >= 0.3 is 0 Å². The van der Waals surface area contributed by atoms with Crippen LogP contribution in [0.5, 0.6) is 5.75 Å². The fraction of sp³-hybridized carbons (Fsp3) is 0.600. The van der Waals surface area contributed by atoms with E-state index in [1.54, 1.807) is 0 Å². The standard InChI is InChI=1S/C20H29N3O3.ClH/c1-4-16-19(25)23-15-9-8-13(11-17(15)26-16)12(2)22-18(24)14-7-5-6-10-20(14,3)21;/h8-9,11-12,14,16H,4-7,10,21H2,1-3H3,(H,22,24)(H,23,25);1H. The van der Waals surface area contributed by atoms with Crippen molar-refractivity contribution in [1.82, 2.24) is 5.32 Å². The number of hydrogen-bond acceptors (Lipinski definition) is 4. The summed E-state index contributed by atoms with van der Waals surface area (Å²) in [5.41, 5.74) is 7.52. The van der Waals surface area contributed by atoms with E-state index in [-0.39, 0.29) is 36.2 Å². The summed E-state index contributed by atoms with van der Waals surface area (Å²) < 4.78 is 5.79. The molecule has 1 aromatic carbocycles. The average Bonchev–Trinajstić information content (AvgIpc) is 2.60. The lowest BCUT2D eigenvalue weighted by Gasteiger charge is -2.37. The van der Waals surface area contributed by atoms with E-state index in [4.69, 9.17) is 10.5 Å². The molecule has 1 aromatic rings. The van der Waals surface area contributed by atoms with Crippen LogP contribution >= 0.6 is 12.4 Å². The molecule has 6 nitrogen and oxygen atoms in total. The Labute approximate surface area is 167 Å². The largest absolute Gasteiger partial charge is 0.478 e. The quantitative estimate of drug-likeness (QED) is 0.729. The van der Waals surface area contributed by atoms with E-state index < -0.39 is 11.6 Å². The summed E-state index contributed by atoms with van der Waals surface area (Å²) in [7, 11) is 0. The van der Waals surface area contributed by atoms with Crippen LogP contribution in [0, 0.1) is 5.92 Å². The highest BCUT2D eigenvalue weighted by atomic mass is 35.5. The Hall–Kier alpha value is -1.79. The predicted octanol–water partition coefficient (Wildman–Crippen LogP) is 3.30. The molecule has 2 amide bonds. The van der Waals surface area contributed by atoms with Gasteiger partial charge in [0.2, 0.25) is 5.91 Å². The average molecular weight is 396 g/mol. The van der Waals surface area contributed by atoms with E-state index in [0.29, 0.717) is 17.9 Å². The Kier molecular flexibility index (Phi) is 6.76. The Bertz CT molecular complexity index is 708. The van der Waals surface area contributed by atoms with Crippen LogP contribution in [-0.4, -0.2) is 23.5 Å². The Morgan fingerprint density at radius 3 is 2.85 bits per heavy atom. The first-order valence-electron chi connectivity index (χ1n) is 9.52. The van der Waals surface area contributed by atoms with Gasteiger partial charge in [0.05, 0.1) is 17.6 Å². The molecule has 4 N–H and O–H groups in total. The van der Waals surface area contributed by atoms with Gasteiger partial charge in [-0.15, -0.1) is 12.4 Å². The second-order valence-corrected chi connectivity index (χ2v) is 7.79. The molecule has 1 fully saturated rings. The molecule has 27 heavy (non-hydrogen) atoms. The zero-order chi connectivity index (χ0) is 18.9. The van der Waals surface area contributed by atoms with Crippen molar-refractivity contribution in [3.8, 4) is 5.75 Å². The van der Waals surface area contributed by atoms with Crippen molar-refractivity contribution >= 4 is 29.9 Å². The van der Waals surface area contributed by atoms with Gasteiger partial charge in [0.25, 0.3) is 5.91 Å². The van der Waals surface area contributed by atoms with Gasteiger partial charge in [0.1, 0.15) is 5.75 Å². The summed E-state index contributed by atoms with van der Waals surface area (Å²) in [5.74, 6) is 0.391. The van der Waals surface area contributed by atoms with Gasteiger partial charge in [0.15, 0.2) is 6.10 Å². The van der Waals surface area contributed by atoms with Gasteiger partial charge in [-0.3, -0.25) is 9.59 Å². The normalized spacial score (nSPS) is 28.1. The number of halogens is 1. The SMILES string of the molecule is CCC1Oc2cc(C(C)NC(=O)C3CCCCC3(C)N)ccc2NC1=O.Cl. The molecule has 0 bridgehead atoms. The number of hydrogen-bond donors (Lipinski definition) is 3. The van der Waals surface area contributed by atoms with Crippen molar-refractivity contribution in [3.63, 3.8) is 0 Å². The molecule has 1 aliphatic carbocycles. The molecule has 4 unspecified atom stereocenters. The van der Waals surface area contributed by atoms with Crippen LogP contribution in [0.4, 0.5) is 5.69 Å². The number of rotatable bonds is 4. The van der Waals surface area contributed by atoms with Gasteiger partial charge in [-0.25, -0.2) is 0 Å². The molecule has 1 saturated carbocycles. The molecule has 0 saturated heterocycles. The Morgan fingerprint density at radius 1 is 1.44 bits per heavy atom. The number of nitrogens with one attached hydrogen (secondary N) is 2. The first-order valence-corrected chi connectivity index (χ1v) is 9.52. The van der Waals surface area contributed by atoms with Gasteiger partial charge in [0, 0.05) is 5.54 Å². The van der Waals surface area contributed by atoms with Gasteiger partial charge in [-0.05, 0) is 50.8 Å². The van der Waals surface area contributed by atoms with Crippen molar-refractivity contribution in [2.24, 2.45) is 11.7 Å². The van der Waals surface area contributed by atoms with E-state index in [9.17, 15) is 9.59 Å². The van der Waals surface area contributed by atoms with E-state index in [0.717, 1.165) is 31.2 Å². The fourth-order valence-electron chi connectivity index (χ4n) is 3.88. The predicted molar refractivity (Wildman–Crippen MR) is 108 cm³/mol. The Balaban J connectivity index is 0.00000261. The third-order valence-electron chi connectivity index (χ3n) is 5.63. The number of carbonyl (C=O) groups is 2. The second kappa shape index (κ2) is 8.48. The van der Waals surface area contributed by atoms with E-state index in [2.05, 4.69) is 10.6 Å². The highest BCUT2D eigenvalue weighted by Crippen LogP contribution is 2.34. The molecule has 150 valence electrons. The Morgan fingerprint density at radius 2 is 2.19 bits per heavy atom. The summed E-state index contributed by atoms with van der Waals surface area (Å²) in [6, 6.07) is 5.46. The molecule has 2 aliphatic rings. The number of nitrogens with two attached hydrogens (primary N) is 1. The maximum absolute atomic E-state index is 12.7. The van der Waals surface area contributed by atoms with Crippen molar-refractivity contribution in [2.75, 3.05) is 5.32 Å². The number of amides is 2. The minimum absolute atomic E-state index is 0. The summed E-state index contributed by atoms with van der Waals surface area (Å²) in [4.78, 5) is 24.6. The minimum Gasteiger partial charge on any atom is -0.478 e. The molecule has 1 heterocycles. The molecule has 0 spiro atoms. The van der Waals surface area contributed by atoms with E-state index >= 15 is 0 Å². The monoisotopic (exact) mass is 395 g/mol. The molecule has 0 radical (unpaired) electrons. The van der Waals surface area contributed by atoms with Crippen molar-refractivity contribution in [3.05, 3.63) is 23.8 Å². The summed E-state index contributed by atoms with van der Waals surface area (Å²) >= 11 is 0. The van der Waals surface area contributed by atoms with Crippen LogP contribution in [-0.2, 0) is 9.59 Å². The van der Waals surface area contributed by atoms with Crippen LogP contribution in [0.2, 0.25) is 0 Å². The third-order valence-corrected chi connectivity index (χ3v) is 5.63. The molecule has 7 heteroatoms. The molecule has 1 aliphatic heterocycles. The van der Waals surface area contributed by atoms with Gasteiger partial charge in [-0.1, -0.05) is 25.8 Å². The van der Waals surface area contributed by atoms with Crippen molar-refractivity contribution in [2.45, 2.75) is 70.6 Å². The van der Waals surface area contributed by atoms with Crippen molar-refractivity contribution < 1.29 is 14.3 Å². The number of carbonyl (C=O) groups excluding carboxylic acids is 2. The third kappa shape index (κ3) is 4.55. The van der Waals surface area contributed by atoms with E-state index in [1.165, 1.54) is 0 Å². The zero-order valence-electron chi connectivity index (χ0n) is 16.2. The number of anilines is 1. The van der Waals surface area contributed by atoms with Crippen LogP contribution in [0.3, 0.4) is 0 Å². The summed E-state index contributed by atoms with van der Waals surface area (Å²) in [6.45, 7) is 5.84. The first kappa shape index (κ1) is 21.5. The van der Waals surface area contributed by atoms with Crippen LogP contribution in [0.15, 0.2) is 18.2 Å². The number of fused-ring (bicyclic) bond motifs is 1. The molecular formula is C20H30ClN3O3. The zero-order valence-corrected chi connectivity index (χ0v) is 17.0. The maximum atomic E-state index is 12.7. The lowest BCUT2D eigenvalue weighted by molar-refractivity contribution is -0.128.